The van der Waals surface area contributed by atoms with Crippen molar-refractivity contribution in [2.45, 2.75) is 70.9 Å². The number of ether oxygens (including phenoxy) is 1. The van der Waals surface area contributed by atoms with Gasteiger partial charge in [-0.1, -0.05) is 12.8 Å². The van der Waals surface area contributed by atoms with E-state index in [0.717, 1.165) is 71.3 Å². The lowest BCUT2D eigenvalue weighted by Gasteiger charge is -2.33. The third kappa shape index (κ3) is 7.74. The smallest absolute Gasteiger partial charge is 0.239 e. The summed E-state index contributed by atoms with van der Waals surface area (Å²) in [4.78, 5) is 28.6. The third-order valence-corrected chi connectivity index (χ3v) is 5.07. The Morgan fingerprint density at radius 3 is 2.60 bits per heavy atom. The number of carbonyl (C=O) groups excluding carboxylic acids is 2. The lowest BCUT2D eigenvalue weighted by atomic mass is 10.0. The molecular weight excluding hydrogens is 318 g/mol. The molecule has 0 aliphatic carbocycles. The van der Waals surface area contributed by atoms with Crippen LogP contribution in [0, 0.1) is 0 Å². The molecule has 0 atom stereocenters. The molecule has 0 aromatic heterocycles. The number of piperidine rings is 1. The molecular formula is C19H35N3O3. The minimum atomic E-state index is -0.00415. The van der Waals surface area contributed by atoms with Crippen LogP contribution < -0.4 is 5.32 Å². The Bertz CT molecular complexity index is 420. The fourth-order valence-electron chi connectivity index (χ4n) is 3.55. The fraction of sp³-hybridized carbons (Fsp3) is 0.895. The first-order valence-corrected chi connectivity index (χ1v) is 9.95. The van der Waals surface area contributed by atoms with E-state index in [2.05, 4.69) is 24.1 Å². The highest BCUT2D eigenvalue weighted by atomic mass is 16.5. The maximum atomic E-state index is 12.3. The normalized spacial score (nSPS) is 21.2. The van der Waals surface area contributed by atoms with E-state index in [1.165, 1.54) is 0 Å². The molecule has 0 aromatic rings. The molecule has 0 unspecified atom stereocenters. The number of hydrogen-bond donors (Lipinski definition) is 1. The van der Waals surface area contributed by atoms with Gasteiger partial charge in [0, 0.05) is 38.6 Å². The number of carbonyl (C=O) groups is 2. The summed E-state index contributed by atoms with van der Waals surface area (Å²) in [5, 5.41) is 3.13. The molecule has 0 aromatic carbocycles. The van der Waals surface area contributed by atoms with Crippen molar-refractivity contribution in [2.24, 2.45) is 0 Å². The van der Waals surface area contributed by atoms with Crippen LogP contribution in [0.4, 0.5) is 0 Å². The van der Waals surface area contributed by atoms with E-state index in [1.54, 1.807) is 4.90 Å². The molecule has 6 nitrogen and oxygen atoms in total. The van der Waals surface area contributed by atoms with Gasteiger partial charge in [0.15, 0.2) is 0 Å². The summed E-state index contributed by atoms with van der Waals surface area (Å²) in [6.07, 6.45) is 7.07. The van der Waals surface area contributed by atoms with Crippen LogP contribution in [0.25, 0.3) is 0 Å². The second kappa shape index (κ2) is 10.8. The second-order valence-corrected chi connectivity index (χ2v) is 7.58. The number of likely N-dealkylation sites (tertiary alicyclic amines) is 2. The standard InChI is InChI=1S/C19H35N3O3/c1-16(2)25-14-13-21-11-8-17(9-12-21)20-18(23)15-22-10-6-4-3-5-7-19(22)24/h16-17H,3-15H2,1-2H3,(H,20,23). The van der Waals surface area contributed by atoms with Gasteiger partial charge in [0.05, 0.1) is 19.3 Å². The summed E-state index contributed by atoms with van der Waals surface area (Å²) in [5.74, 6) is 0.130. The minimum Gasteiger partial charge on any atom is -0.377 e. The van der Waals surface area contributed by atoms with Gasteiger partial charge < -0.3 is 19.9 Å². The van der Waals surface area contributed by atoms with Crippen molar-refractivity contribution >= 4 is 11.8 Å². The van der Waals surface area contributed by atoms with Gasteiger partial charge in [-0.05, 0) is 39.5 Å². The van der Waals surface area contributed by atoms with Crippen LogP contribution in [0.3, 0.4) is 0 Å². The van der Waals surface area contributed by atoms with Crippen LogP contribution in [0.5, 0.6) is 0 Å². The topological polar surface area (TPSA) is 61.9 Å². The molecule has 6 heteroatoms. The first kappa shape index (κ1) is 20.2. The van der Waals surface area contributed by atoms with Crippen molar-refractivity contribution in [3.8, 4) is 0 Å². The largest absolute Gasteiger partial charge is 0.377 e. The molecule has 2 heterocycles. The van der Waals surface area contributed by atoms with Crippen molar-refractivity contribution in [1.82, 2.24) is 15.1 Å². The summed E-state index contributed by atoms with van der Waals surface area (Å²) in [6.45, 7) is 8.77. The zero-order valence-corrected chi connectivity index (χ0v) is 16.0. The molecule has 1 N–H and O–H groups in total. The van der Waals surface area contributed by atoms with Gasteiger partial charge in [0.2, 0.25) is 11.8 Å². The van der Waals surface area contributed by atoms with Crippen LogP contribution in [0.1, 0.15) is 58.8 Å². The Hall–Kier alpha value is -1.14. The number of nitrogens with one attached hydrogen (secondary N) is 1. The molecule has 2 rings (SSSR count). The highest BCUT2D eigenvalue weighted by molar-refractivity contribution is 5.85. The van der Waals surface area contributed by atoms with Crippen LogP contribution in [-0.2, 0) is 14.3 Å². The predicted octanol–water partition coefficient (Wildman–Crippen LogP) is 1.78. The number of rotatable bonds is 7. The lowest BCUT2D eigenvalue weighted by Crippen LogP contribution is -2.49. The van der Waals surface area contributed by atoms with Crippen LogP contribution in [0.15, 0.2) is 0 Å². The number of amides is 2. The van der Waals surface area contributed by atoms with Gasteiger partial charge in [-0.15, -0.1) is 0 Å². The molecule has 2 amide bonds. The van der Waals surface area contributed by atoms with Gasteiger partial charge >= 0.3 is 0 Å². The van der Waals surface area contributed by atoms with Gasteiger partial charge in [-0.25, -0.2) is 0 Å². The van der Waals surface area contributed by atoms with E-state index in [4.69, 9.17) is 4.74 Å². The maximum Gasteiger partial charge on any atom is 0.239 e. The van der Waals surface area contributed by atoms with Crippen molar-refractivity contribution in [1.29, 1.82) is 0 Å². The van der Waals surface area contributed by atoms with Crippen LogP contribution in [-0.4, -0.2) is 73.1 Å². The van der Waals surface area contributed by atoms with Crippen molar-refractivity contribution in [3.05, 3.63) is 0 Å². The van der Waals surface area contributed by atoms with E-state index in [0.29, 0.717) is 6.42 Å². The molecule has 144 valence electrons. The highest BCUT2D eigenvalue weighted by Crippen LogP contribution is 2.13. The monoisotopic (exact) mass is 353 g/mol. The Kier molecular flexibility index (Phi) is 8.68. The van der Waals surface area contributed by atoms with Gasteiger partial charge in [0.1, 0.15) is 0 Å². The van der Waals surface area contributed by atoms with Crippen LogP contribution in [0.2, 0.25) is 0 Å². The minimum absolute atomic E-state index is 0.00415. The van der Waals surface area contributed by atoms with E-state index in [1.807, 2.05) is 0 Å². The van der Waals surface area contributed by atoms with Crippen LogP contribution >= 0.6 is 0 Å². The second-order valence-electron chi connectivity index (χ2n) is 7.58. The molecule has 2 saturated heterocycles. The first-order valence-electron chi connectivity index (χ1n) is 9.95. The number of nitrogens with zero attached hydrogens (tertiary/aromatic N) is 2. The zero-order chi connectivity index (χ0) is 18.1. The summed E-state index contributed by atoms with van der Waals surface area (Å²) >= 11 is 0. The van der Waals surface area contributed by atoms with Gasteiger partial charge in [-0.2, -0.15) is 0 Å². The summed E-state index contributed by atoms with van der Waals surface area (Å²) in [7, 11) is 0. The molecule has 0 bridgehead atoms. The Morgan fingerprint density at radius 2 is 1.88 bits per heavy atom. The van der Waals surface area contributed by atoms with Crippen molar-refractivity contribution in [2.75, 3.05) is 39.3 Å². The first-order chi connectivity index (χ1) is 12.0. The Balaban J connectivity index is 1.65. The molecule has 0 radical (unpaired) electrons. The van der Waals surface area contributed by atoms with Crippen molar-refractivity contribution in [3.63, 3.8) is 0 Å². The van der Waals surface area contributed by atoms with E-state index in [-0.39, 0.29) is 30.5 Å². The fourth-order valence-corrected chi connectivity index (χ4v) is 3.55. The molecule has 2 aliphatic rings. The predicted molar refractivity (Wildman–Crippen MR) is 98.4 cm³/mol. The molecule has 0 spiro atoms. The summed E-state index contributed by atoms with van der Waals surface area (Å²) < 4.78 is 5.60. The SMILES string of the molecule is CC(C)OCCN1CCC(NC(=O)CN2CCCCCCC2=O)CC1. The summed E-state index contributed by atoms with van der Waals surface area (Å²) in [6, 6.07) is 0.236. The zero-order valence-electron chi connectivity index (χ0n) is 16.0. The average Bonchev–Trinajstić information content (AvgIpc) is 2.56. The van der Waals surface area contributed by atoms with E-state index < -0.39 is 0 Å². The Morgan fingerprint density at radius 1 is 1.16 bits per heavy atom. The Labute approximate surface area is 152 Å². The average molecular weight is 354 g/mol. The van der Waals surface area contributed by atoms with Gasteiger partial charge in [0.25, 0.3) is 0 Å². The molecule has 0 saturated carbocycles. The van der Waals surface area contributed by atoms with E-state index in [9.17, 15) is 9.59 Å². The quantitative estimate of drug-likeness (QED) is 0.758. The lowest BCUT2D eigenvalue weighted by molar-refractivity contribution is -0.136. The maximum absolute atomic E-state index is 12.3. The summed E-state index contributed by atoms with van der Waals surface area (Å²) in [5.41, 5.74) is 0. The molecule has 2 fully saturated rings. The molecule has 25 heavy (non-hydrogen) atoms. The highest BCUT2D eigenvalue weighted by Gasteiger charge is 2.23. The number of hydrogen-bond acceptors (Lipinski definition) is 4. The van der Waals surface area contributed by atoms with E-state index >= 15 is 0 Å². The van der Waals surface area contributed by atoms with Gasteiger partial charge in [-0.3, -0.25) is 9.59 Å². The third-order valence-electron chi connectivity index (χ3n) is 5.07. The van der Waals surface area contributed by atoms with Crippen molar-refractivity contribution < 1.29 is 14.3 Å². The molecule has 2 aliphatic heterocycles.